The topological polar surface area (TPSA) is 116 Å². The summed E-state index contributed by atoms with van der Waals surface area (Å²) in [4.78, 5) is 26.0. The summed E-state index contributed by atoms with van der Waals surface area (Å²) in [6, 6.07) is 7.21. The molecule has 2 aromatic rings. The SMILES string of the molecule is Cc1cc(C(=O)O[C@@H](C)C(=O)Nc2cccc(S(N)(=O)=O)c2)c(C)s1. The lowest BCUT2D eigenvalue weighted by atomic mass is 10.2. The van der Waals surface area contributed by atoms with Crippen LogP contribution in [0.25, 0.3) is 0 Å². The van der Waals surface area contributed by atoms with Crippen molar-refractivity contribution in [3.05, 3.63) is 45.6 Å². The second-order valence-electron chi connectivity index (χ2n) is 5.44. The fourth-order valence-corrected chi connectivity index (χ4v) is 3.58. The zero-order valence-corrected chi connectivity index (χ0v) is 15.5. The van der Waals surface area contributed by atoms with Gasteiger partial charge in [0.2, 0.25) is 10.0 Å². The monoisotopic (exact) mass is 382 g/mol. The van der Waals surface area contributed by atoms with Gasteiger partial charge in [-0.15, -0.1) is 11.3 Å². The molecule has 25 heavy (non-hydrogen) atoms. The predicted molar refractivity (Wildman–Crippen MR) is 95.1 cm³/mol. The number of hydrogen-bond donors (Lipinski definition) is 2. The molecule has 0 aliphatic carbocycles. The van der Waals surface area contributed by atoms with Crippen LogP contribution in [0.4, 0.5) is 5.69 Å². The molecule has 0 radical (unpaired) electrons. The summed E-state index contributed by atoms with van der Waals surface area (Å²) < 4.78 is 27.9. The highest BCUT2D eigenvalue weighted by Gasteiger charge is 2.21. The van der Waals surface area contributed by atoms with E-state index in [1.165, 1.54) is 42.5 Å². The van der Waals surface area contributed by atoms with Crippen molar-refractivity contribution in [1.29, 1.82) is 0 Å². The van der Waals surface area contributed by atoms with Gasteiger partial charge in [0, 0.05) is 15.4 Å². The number of sulfonamides is 1. The molecule has 1 atom stereocenters. The van der Waals surface area contributed by atoms with E-state index in [2.05, 4.69) is 5.32 Å². The minimum atomic E-state index is -3.87. The van der Waals surface area contributed by atoms with E-state index >= 15 is 0 Å². The van der Waals surface area contributed by atoms with Crippen LogP contribution in [-0.2, 0) is 19.6 Å². The molecular formula is C16H18N2O5S2. The van der Waals surface area contributed by atoms with Crippen LogP contribution in [0, 0.1) is 13.8 Å². The average Bonchev–Trinajstić information content (AvgIpc) is 2.85. The Bertz CT molecular complexity index is 918. The van der Waals surface area contributed by atoms with Crippen molar-refractivity contribution in [3.63, 3.8) is 0 Å². The minimum Gasteiger partial charge on any atom is -0.449 e. The Hall–Kier alpha value is -2.23. The fourth-order valence-electron chi connectivity index (χ4n) is 2.11. The third-order valence-electron chi connectivity index (χ3n) is 3.34. The maximum absolute atomic E-state index is 12.2. The summed E-state index contributed by atoms with van der Waals surface area (Å²) >= 11 is 1.47. The number of amides is 1. The lowest BCUT2D eigenvalue weighted by Crippen LogP contribution is -2.30. The number of esters is 1. The van der Waals surface area contributed by atoms with E-state index in [-0.39, 0.29) is 10.6 Å². The molecule has 1 heterocycles. The molecule has 9 heteroatoms. The Kier molecular flexibility index (Phi) is 5.61. The van der Waals surface area contributed by atoms with Crippen molar-refractivity contribution in [2.24, 2.45) is 5.14 Å². The smallest absolute Gasteiger partial charge is 0.340 e. The maximum atomic E-state index is 12.2. The molecule has 0 spiro atoms. The minimum absolute atomic E-state index is 0.126. The Balaban J connectivity index is 2.06. The first-order valence-corrected chi connectivity index (χ1v) is 9.66. The number of anilines is 1. The lowest BCUT2D eigenvalue weighted by Gasteiger charge is -2.14. The summed E-state index contributed by atoms with van der Waals surface area (Å²) in [5.41, 5.74) is 0.667. The summed E-state index contributed by atoms with van der Waals surface area (Å²) in [5, 5.41) is 7.55. The molecule has 7 nitrogen and oxygen atoms in total. The van der Waals surface area contributed by atoms with Crippen LogP contribution in [0.1, 0.15) is 27.0 Å². The van der Waals surface area contributed by atoms with Crippen LogP contribution in [0.15, 0.2) is 35.2 Å². The van der Waals surface area contributed by atoms with Crippen LogP contribution in [-0.4, -0.2) is 26.4 Å². The first-order chi connectivity index (χ1) is 11.6. The van der Waals surface area contributed by atoms with E-state index in [1.807, 2.05) is 6.92 Å². The van der Waals surface area contributed by atoms with Gasteiger partial charge in [0.15, 0.2) is 6.10 Å². The molecule has 0 unspecified atom stereocenters. The highest BCUT2D eigenvalue weighted by Crippen LogP contribution is 2.22. The van der Waals surface area contributed by atoms with Gasteiger partial charge < -0.3 is 10.1 Å². The largest absolute Gasteiger partial charge is 0.449 e. The molecule has 2 rings (SSSR count). The van der Waals surface area contributed by atoms with Gasteiger partial charge in [-0.1, -0.05) is 6.07 Å². The number of carbonyl (C=O) groups excluding carboxylic acids is 2. The van der Waals surface area contributed by atoms with Crippen LogP contribution in [0.2, 0.25) is 0 Å². The third-order valence-corrected chi connectivity index (χ3v) is 5.22. The molecule has 0 saturated heterocycles. The molecular weight excluding hydrogens is 364 g/mol. The molecule has 1 amide bonds. The molecule has 3 N–H and O–H groups in total. The van der Waals surface area contributed by atoms with E-state index in [0.29, 0.717) is 5.56 Å². The van der Waals surface area contributed by atoms with Gasteiger partial charge in [-0.25, -0.2) is 18.4 Å². The normalized spacial score (nSPS) is 12.5. The molecule has 0 fully saturated rings. The number of aryl methyl sites for hydroxylation is 2. The number of ether oxygens (including phenoxy) is 1. The number of hydrogen-bond acceptors (Lipinski definition) is 6. The highest BCUT2D eigenvalue weighted by molar-refractivity contribution is 7.89. The number of rotatable bonds is 5. The van der Waals surface area contributed by atoms with Gasteiger partial charge in [-0.3, -0.25) is 4.79 Å². The number of carbonyl (C=O) groups is 2. The summed E-state index contributed by atoms with van der Waals surface area (Å²) in [6.45, 7) is 5.12. The molecule has 134 valence electrons. The third kappa shape index (κ3) is 4.88. The van der Waals surface area contributed by atoms with Crippen molar-refractivity contribution in [2.45, 2.75) is 31.8 Å². The Morgan fingerprint density at radius 1 is 1.24 bits per heavy atom. The van der Waals surface area contributed by atoms with Crippen LogP contribution < -0.4 is 10.5 Å². The van der Waals surface area contributed by atoms with Gasteiger partial charge in [0.05, 0.1) is 10.5 Å². The Morgan fingerprint density at radius 3 is 2.48 bits per heavy atom. The van der Waals surface area contributed by atoms with E-state index in [9.17, 15) is 18.0 Å². The summed E-state index contributed by atoms with van der Waals surface area (Å²) in [5.74, 6) is -1.16. The average molecular weight is 382 g/mol. The Morgan fingerprint density at radius 2 is 1.92 bits per heavy atom. The van der Waals surface area contributed by atoms with Crippen LogP contribution in [0.3, 0.4) is 0 Å². The van der Waals surface area contributed by atoms with E-state index < -0.39 is 28.0 Å². The van der Waals surface area contributed by atoms with Gasteiger partial charge in [0.25, 0.3) is 5.91 Å². The van der Waals surface area contributed by atoms with Crippen LogP contribution >= 0.6 is 11.3 Å². The number of thiophene rings is 1. The van der Waals surface area contributed by atoms with Crippen LogP contribution in [0.5, 0.6) is 0 Å². The van der Waals surface area contributed by atoms with Crippen molar-refractivity contribution in [1.82, 2.24) is 0 Å². The van der Waals surface area contributed by atoms with Crippen molar-refractivity contribution in [3.8, 4) is 0 Å². The molecule has 1 aromatic carbocycles. The summed E-state index contributed by atoms with van der Waals surface area (Å²) in [7, 11) is -3.87. The zero-order valence-electron chi connectivity index (χ0n) is 13.9. The number of primary sulfonamides is 1. The molecule has 1 aromatic heterocycles. The molecule has 0 saturated carbocycles. The second-order valence-corrected chi connectivity index (χ2v) is 8.46. The van der Waals surface area contributed by atoms with Crippen molar-refractivity contribution in [2.75, 3.05) is 5.32 Å². The Labute approximate surface area is 149 Å². The number of benzene rings is 1. The van der Waals surface area contributed by atoms with E-state index in [0.717, 1.165) is 9.75 Å². The predicted octanol–water partition coefficient (Wildman–Crippen LogP) is 2.20. The van der Waals surface area contributed by atoms with Gasteiger partial charge >= 0.3 is 5.97 Å². The first-order valence-electron chi connectivity index (χ1n) is 7.29. The van der Waals surface area contributed by atoms with Gasteiger partial charge in [-0.2, -0.15) is 0 Å². The fraction of sp³-hybridized carbons (Fsp3) is 0.250. The second kappa shape index (κ2) is 7.34. The molecule has 0 aliphatic heterocycles. The highest BCUT2D eigenvalue weighted by atomic mass is 32.2. The lowest BCUT2D eigenvalue weighted by molar-refractivity contribution is -0.123. The van der Waals surface area contributed by atoms with Crippen molar-refractivity contribution < 1.29 is 22.7 Å². The molecule has 0 aliphatic rings. The van der Waals surface area contributed by atoms with E-state index in [4.69, 9.17) is 9.88 Å². The number of nitrogens with one attached hydrogen (secondary N) is 1. The van der Waals surface area contributed by atoms with Gasteiger partial charge in [0.1, 0.15) is 0 Å². The standard InChI is InChI=1S/C16H18N2O5S2/c1-9-7-14(11(3)24-9)16(20)23-10(2)15(19)18-12-5-4-6-13(8-12)25(17,21)22/h4-8,10H,1-3H3,(H,18,19)(H2,17,21,22)/t10-/m0/s1. The quantitative estimate of drug-likeness (QED) is 0.769. The van der Waals surface area contributed by atoms with E-state index in [1.54, 1.807) is 13.0 Å². The summed E-state index contributed by atoms with van der Waals surface area (Å²) in [6.07, 6.45) is -1.05. The van der Waals surface area contributed by atoms with Crippen molar-refractivity contribution >= 4 is 38.9 Å². The first kappa shape index (κ1) is 19.1. The zero-order chi connectivity index (χ0) is 18.8. The number of nitrogens with two attached hydrogens (primary N) is 1. The maximum Gasteiger partial charge on any atom is 0.340 e. The van der Waals surface area contributed by atoms with Gasteiger partial charge in [-0.05, 0) is 45.0 Å². The molecule has 0 bridgehead atoms.